The average Bonchev–Trinajstić information content (AvgIpc) is 2.44. The molecule has 1 saturated heterocycles. The first-order valence-corrected chi connectivity index (χ1v) is 7.34. The fourth-order valence-electron chi connectivity index (χ4n) is 2.13. The van der Waals surface area contributed by atoms with Crippen molar-refractivity contribution in [3.8, 4) is 0 Å². The number of nitrogens with two attached hydrogens (primary N) is 1. The molecule has 1 rings (SSSR count). The molecule has 0 bridgehead atoms. The van der Waals surface area contributed by atoms with E-state index in [9.17, 15) is 9.59 Å². The van der Waals surface area contributed by atoms with E-state index >= 15 is 0 Å². The van der Waals surface area contributed by atoms with Crippen LogP contribution >= 0.6 is 0 Å². The van der Waals surface area contributed by atoms with Crippen molar-refractivity contribution in [1.29, 1.82) is 0 Å². The van der Waals surface area contributed by atoms with E-state index in [1.54, 1.807) is 19.0 Å². The summed E-state index contributed by atoms with van der Waals surface area (Å²) in [4.78, 5) is 29.3. The number of hydrogen-bond donors (Lipinski definition) is 1. The molecule has 2 N–H and O–H groups in total. The van der Waals surface area contributed by atoms with Gasteiger partial charge in [0.15, 0.2) is 0 Å². The lowest BCUT2D eigenvalue weighted by Gasteiger charge is -2.35. The van der Waals surface area contributed by atoms with Gasteiger partial charge in [-0.3, -0.25) is 14.5 Å². The SMILES string of the molecule is CC(CN)CCC(=O)N1CCN(CC(=O)N(C)C)CC1. The van der Waals surface area contributed by atoms with E-state index in [1.165, 1.54) is 0 Å². The normalized spacial score (nSPS) is 17.9. The average molecular weight is 284 g/mol. The molecule has 6 heteroatoms. The summed E-state index contributed by atoms with van der Waals surface area (Å²) in [6.07, 6.45) is 1.43. The standard InChI is InChI=1S/C14H28N4O2/c1-12(10-15)4-5-13(19)18-8-6-17(7-9-18)11-14(20)16(2)3/h12H,4-11,15H2,1-3H3. The first-order valence-electron chi connectivity index (χ1n) is 7.34. The summed E-state index contributed by atoms with van der Waals surface area (Å²) in [7, 11) is 3.53. The van der Waals surface area contributed by atoms with Crippen LogP contribution < -0.4 is 5.73 Å². The zero-order valence-electron chi connectivity index (χ0n) is 13.0. The topological polar surface area (TPSA) is 69.9 Å². The molecule has 1 atom stereocenters. The van der Waals surface area contributed by atoms with Crippen molar-refractivity contribution in [2.75, 3.05) is 53.4 Å². The molecular formula is C14H28N4O2. The Kier molecular flexibility index (Phi) is 6.95. The monoisotopic (exact) mass is 284 g/mol. The van der Waals surface area contributed by atoms with Crippen molar-refractivity contribution in [2.45, 2.75) is 19.8 Å². The van der Waals surface area contributed by atoms with Crippen LogP contribution in [0.25, 0.3) is 0 Å². The molecule has 0 aromatic heterocycles. The number of hydrogen-bond acceptors (Lipinski definition) is 4. The quantitative estimate of drug-likeness (QED) is 0.720. The van der Waals surface area contributed by atoms with Crippen LogP contribution in [0.5, 0.6) is 0 Å². The van der Waals surface area contributed by atoms with Gasteiger partial charge in [-0.1, -0.05) is 6.92 Å². The number of rotatable bonds is 6. The number of carbonyl (C=O) groups excluding carboxylic acids is 2. The number of likely N-dealkylation sites (N-methyl/N-ethyl adjacent to an activating group) is 1. The van der Waals surface area contributed by atoms with Gasteiger partial charge in [-0.15, -0.1) is 0 Å². The molecule has 1 fully saturated rings. The Balaban J connectivity index is 2.27. The highest BCUT2D eigenvalue weighted by molar-refractivity contribution is 5.78. The van der Waals surface area contributed by atoms with Crippen LogP contribution in [0.1, 0.15) is 19.8 Å². The minimum absolute atomic E-state index is 0.113. The maximum atomic E-state index is 12.0. The highest BCUT2D eigenvalue weighted by Gasteiger charge is 2.22. The van der Waals surface area contributed by atoms with Gasteiger partial charge in [-0.05, 0) is 18.9 Å². The Morgan fingerprint density at radius 3 is 2.30 bits per heavy atom. The van der Waals surface area contributed by atoms with Crippen molar-refractivity contribution in [3.05, 3.63) is 0 Å². The minimum Gasteiger partial charge on any atom is -0.348 e. The van der Waals surface area contributed by atoms with Crippen LogP contribution in [-0.4, -0.2) is 79.9 Å². The third kappa shape index (κ3) is 5.46. The van der Waals surface area contributed by atoms with Crippen molar-refractivity contribution in [1.82, 2.24) is 14.7 Å². The molecule has 2 amide bonds. The van der Waals surface area contributed by atoms with Crippen LogP contribution in [-0.2, 0) is 9.59 Å². The summed E-state index contributed by atoms with van der Waals surface area (Å²) >= 11 is 0. The molecule has 0 radical (unpaired) electrons. The molecule has 116 valence electrons. The Labute approximate surface area is 121 Å². The molecule has 1 aliphatic heterocycles. The van der Waals surface area contributed by atoms with Crippen LogP contribution in [0, 0.1) is 5.92 Å². The van der Waals surface area contributed by atoms with E-state index in [0.29, 0.717) is 25.4 Å². The van der Waals surface area contributed by atoms with Crippen LogP contribution in [0.4, 0.5) is 0 Å². The highest BCUT2D eigenvalue weighted by Crippen LogP contribution is 2.09. The second-order valence-corrected chi connectivity index (χ2v) is 5.82. The molecule has 6 nitrogen and oxygen atoms in total. The van der Waals surface area contributed by atoms with Crippen LogP contribution in [0.2, 0.25) is 0 Å². The summed E-state index contributed by atoms with van der Waals surface area (Å²) in [5.41, 5.74) is 5.56. The lowest BCUT2D eigenvalue weighted by molar-refractivity contribution is -0.134. The van der Waals surface area contributed by atoms with E-state index in [2.05, 4.69) is 11.8 Å². The zero-order valence-corrected chi connectivity index (χ0v) is 13.0. The Bertz CT molecular complexity index is 325. The number of nitrogens with zero attached hydrogens (tertiary/aromatic N) is 3. The smallest absolute Gasteiger partial charge is 0.236 e. The second kappa shape index (κ2) is 8.21. The summed E-state index contributed by atoms with van der Waals surface area (Å²) in [6, 6.07) is 0. The lowest BCUT2D eigenvalue weighted by Crippen LogP contribution is -2.51. The molecule has 1 heterocycles. The first-order chi connectivity index (χ1) is 9.43. The van der Waals surface area contributed by atoms with Gasteiger partial charge in [0, 0.05) is 46.7 Å². The maximum Gasteiger partial charge on any atom is 0.236 e. The summed E-state index contributed by atoms with van der Waals surface area (Å²) < 4.78 is 0. The predicted molar refractivity (Wildman–Crippen MR) is 79.2 cm³/mol. The molecule has 0 spiro atoms. The van der Waals surface area contributed by atoms with E-state index < -0.39 is 0 Å². The molecule has 0 saturated carbocycles. The van der Waals surface area contributed by atoms with Crippen LogP contribution in [0.3, 0.4) is 0 Å². The lowest BCUT2D eigenvalue weighted by atomic mass is 10.1. The van der Waals surface area contributed by atoms with Gasteiger partial charge in [-0.25, -0.2) is 0 Å². The number of piperazine rings is 1. The summed E-state index contributed by atoms with van der Waals surface area (Å²) in [5.74, 6) is 0.725. The van der Waals surface area contributed by atoms with Gasteiger partial charge in [-0.2, -0.15) is 0 Å². The summed E-state index contributed by atoms with van der Waals surface area (Å²) in [6.45, 7) is 6.13. The highest BCUT2D eigenvalue weighted by atomic mass is 16.2. The molecule has 0 aliphatic carbocycles. The molecule has 0 aromatic rings. The molecule has 0 aromatic carbocycles. The molecule has 1 unspecified atom stereocenters. The number of carbonyl (C=O) groups is 2. The third-order valence-corrected chi connectivity index (χ3v) is 3.84. The van der Waals surface area contributed by atoms with E-state index in [0.717, 1.165) is 32.6 Å². The predicted octanol–water partition coefficient (Wildman–Crippen LogP) is -0.406. The van der Waals surface area contributed by atoms with Crippen LogP contribution in [0.15, 0.2) is 0 Å². The van der Waals surface area contributed by atoms with Gasteiger partial charge < -0.3 is 15.5 Å². The second-order valence-electron chi connectivity index (χ2n) is 5.82. The fourth-order valence-corrected chi connectivity index (χ4v) is 2.13. The Morgan fingerprint density at radius 2 is 1.80 bits per heavy atom. The largest absolute Gasteiger partial charge is 0.348 e. The minimum atomic E-state index is 0.113. The van der Waals surface area contributed by atoms with E-state index in [-0.39, 0.29) is 11.8 Å². The zero-order chi connectivity index (χ0) is 15.1. The van der Waals surface area contributed by atoms with Crippen molar-refractivity contribution >= 4 is 11.8 Å². The summed E-state index contributed by atoms with van der Waals surface area (Å²) in [5, 5.41) is 0. The number of amides is 2. The Hall–Kier alpha value is -1.14. The van der Waals surface area contributed by atoms with Gasteiger partial charge in [0.05, 0.1) is 6.54 Å². The molecule has 1 aliphatic rings. The molecule has 20 heavy (non-hydrogen) atoms. The van der Waals surface area contributed by atoms with Crippen molar-refractivity contribution < 1.29 is 9.59 Å². The first kappa shape index (κ1) is 16.9. The van der Waals surface area contributed by atoms with E-state index in [1.807, 2.05) is 4.90 Å². The van der Waals surface area contributed by atoms with Gasteiger partial charge in [0.1, 0.15) is 0 Å². The van der Waals surface area contributed by atoms with Gasteiger partial charge in [0.25, 0.3) is 0 Å². The fraction of sp³-hybridized carbons (Fsp3) is 0.857. The van der Waals surface area contributed by atoms with Gasteiger partial charge in [0.2, 0.25) is 11.8 Å². The maximum absolute atomic E-state index is 12.0. The van der Waals surface area contributed by atoms with E-state index in [4.69, 9.17) is 5.73 Å². The third-order valence-electron chi connectivity index (χ3n) is 3.84. The van der Waals surface area contributed by atoms with Crippen molar-refractivity contribution in [3.63, 3.8) is 0 Å². The molecular weight excluding hydrogens is 256 g/mol. The van der Waals surface area contributed by atoms with Crippen molar-refractivity contribution in [2.24, 2.45) is 11.7 Å². The van der Waals surface area contributed by atoms with Gasteiger partial charge >= 0.3 is 0 Å². The Morgan fingerprint density at radius 1 is 1.20 bits per heavy atom.